The van der Waals surface area contributed by atoms with E-state index < -0.39 is 7.32 Å². The Bertz CT molecular complexity index is 2280. The van der Waals surface area contributed by atoms with E-state index in [0.717, 1.165) is 144 Å². The molecule has 0 amide bonds. The molecule has 6 aromatic carbocycles. The van der Waals surface area contributed by atoms with E-state index in [4.69, 9.17) is 42.4 Å². The predicted molar refractivity (Wildman–Crippen MR) is 300 cm³/mol. The molecule has 0 aromatic heterocycles. The van der Waals surface area contributed by atoms with Crippen LogP contribution in [0.15, 0.2) is 109 Å². The average Bonchev–Trinajstić information content (AvgIpc) is 3.41. The van der Waals surface area contributed by atoms with Crippen molar-refractivity contribution < 1.29 is 42.4 Å². The summed E-state index contributed by atoms with van der Waals surface area (Å²) in [5.74, 6) is 5.18. The Morgan fingerprint density at radius 1 is 0.301 bits per heavy atom. The van der Waals surface area contributed by atoms with Gasteiger partial charge in [0, 0.05) is 33.4 Å². The number of hydrogen-bond acceptors (Lipinski definition) is 9. The minimum atomic E-state index is -1.48. The molecule has 0 unspecified atom stereocenters. The lowest BCUT2D eigenvalue weighted by Crippen LogP contribution is -2.38. The van der Waals surface area contributed by atoms with Crippen LogP contribution in [0.25, 0.3) is 33.4 Å². The Morgan fingerprint density at radius 3 is 0.767 bits per heavy atom. The molecule has 9 nitrogen and oxygen atoms in total. The van der Waals surface area contributed by atoms with Crippen molar-refractivity contribution in [2.75, 3.05) is 39.6 Å². The summed E-state index contributed by atoms with van der Waals surface area (Å²) < 4.78 is 62.6. The molecule has 10 heteroatoms. The monoisotopic (exact) mass is 993 g/mol. The fraction of sp³-hybridized carbons (Fsp3) is 0.429. The maximum Gasteiger partial charge on any atom is 0.864 e. The second kappa shape index (κ2) is 29.9. The van der Waals surface area contributed by atoms with Crippen molar-refractivity contribution in [3.63, 3.8) is 0 Å². The molecule has 0 saturated heterocycles. The zero-order valence-electron chi connectivity index (χ0n) is 45.4. The first kappa shape index (κ1) is 55.9. The highest BCUT2D eigenvalue weighted by molar-refractivity contribution is 6.40. The van der Waals surface area contributed by atoms with Crippen molar-refractivity contribution in [2.24, 2.45) is 0 Å². The van der Waals surface area contributed by atoms with Gasteiger partial charge in [-0.05, 0) is 94.2 Å². The third-order valence-corrected chi connectivity index (χ3v) is 12.7. The Morgan fingerprint density at radius 2 is 0.534 bits per heavy atom. The van der Waals surface area contributed by atoms with E-state index in [9.17, 15) is 0 Å². The van der Waals surface area contributed by atoms with Crippen molar-refractivity contribution in [3.05, 3.63) is 126 Å². The fourth-order valence-electron chi connectivity index (χ4n) is 8.24. The van der Waals surface area contributed by atoms with Crippen LogP contribution in [-0.2, 0) is 0 Å². The van der Waals surface area contributed by atoms with Gasteiger partial charge in [0.1, 0.15) is 17.2 Å². The fourth-order valence-corrected chi connectivity index (χ4v) is 8.24. The van der Waals surface area contributed by atoms with Crippen LogP contribution in [0.4, 0.5) is 0 Å². The molecular formula is C63H81BO9. The van der Waals surface area contributed by atoms with E-state index in [-0.39, 0.29) is 0 Å². The molecule has 390 valence electrons. The van der Waals surface area contributed by atoms with E-state index in [1.165, 1.54) is 0 Å². The molecule has 0 aliphatic heterocycles. The van der Waals surface area contributed by atoms with E-state index >= 15 is 0 Å². The standard InChI is InChI=1S/C63H81BO9/c1-10-16-37-65-55-43-52(49-31-25-22-26-32-49)61(58(46(55)7)68-40-19-13-4)71-64(72-62-53(50-33-27-23-28-34-50)44-56(66-38-17-11-2)47(8)59(62)69-41-20-14-5)73-63-54(51-35-29-24-30-36-51)45-57(67-39-18-12-3)48(9)60(63)70-42-21-15-6/h22-36,43-45H,10-21,37-42H2,1-9H3. The second-order valence-corrected chi connectivity index (χ2v) is 18.6. The Kier molecular flexibility index (Phi) is 22.9. The molecule has 0 spiro atoms. The van der Waals surface area contributed by atoms with Crippen LogP contribution >= 0.6 is 0 Å². The van der Waals surface area contributed by atoms with Crippen LogP contribution in [0.1, 0.15) is 135 Å². The molecule has 0 heterocycles. The maximum atomic E-state index is 7.47. The zero-order chi connectivity index (χ0) is 51.8. The molecule has 0 fully saturated rings. The Hall–Kier alpha value is -6.42. The van der Waals surface area contributed by atoms with Crippen molar-refractivity contribution in [1.29, 1.82) is 0 Å². The van der Waals surface area contributed by atoms with Gasteiger partial charge in [0.2, 0.25) is 0 Å². The highest BCUT2D eigenvalue weighted by Gasteiger charge is 2.39. The van der Waals surface area contributed by atoms with Gasteiger partial charge in [-0.1, -0.05) is 171 Å². The molecule has 73 heavy (non-hydrogen) atoms. The Balaban J connectivity index is 1.69. The van der Waals surface area contributed by atoms with Gasteiger partial charge in [-0.2, -0.15) is 0 Å². The van der Waals surface area contributed by atoms with Crippen molar-refractivity contribution >= 4 is 7.32 Å². The van der Waals surface area contributed by atoms with Gasteiger partial charge in [-0.25, -0.2) is 0 Å². The molecule has 0 radical (unpaired) electrons. The van der Waals surface area contributed by atoms with Crippen LogP contribution in [0.5, 0.6) is 51.7 Å². The largest absolute Gasteiger partial charge is 0.864 e. The summed E-state index contributed by atoms with van der Waals surface area (Å²) in [5.41, 5.74) is 7.47. The third-order valence-electron chi connectivity index (χ3n) is 12.7. The average molecular weight is 993 g/mol. The number of unbranched alkanes of at least 4 members (excludes halogenated alkanes) is 6. The summed E-state index contributed by atoms with van der Waals surface area (Å²) in [6.45, 7) is 22.1. The molecule has 0 bridgehead atoms. The van der Waals surface area contributed by atoms with Crippen molar-refractivity contribution in [3.8, 4) is 85.1 Å². The zero-order valence-corrected chi connectivity index (χ0v) is 45.4. The summed E-state index contributed by atoms with van der Waals surface area (Å²) in [5, 5.41) is 0. The lowest BCUT2D eigenvalue weighted by atomic mass is 9.98. The summed E-state index contributed by atoms with van der Waals surface area (Å²) in [6, 6.07) is 36.8. The lowest BCUT2D eigenvalue weighted by molar-refractivity contribution is 0.249. The van der Waals surface area contributed by atoms with Gasteiger partial charge in [-0.15, -0.1) is 0 Å². The molecule has 6 rings (SSSR count). The maximum absolute atomic E-state index is 7.47. The van der Waals surface area contributed by atoms with E-state index in [1.54, 1.807) is 0 Å². The smallest absolute Gasteiger partial charge is 0.493 e. The third kappa shape index (κ3) is 15.3. The molecular weight excluding hydrogens is 911 g/mol. The first-order valence-corrected chi connectivity index (χ1v) is 27.2. The number of benzene rings is 6. The highest BCUT2D eigenvalue weighted by Crippen LogP contribution is 2.51. The van der Waals surface area contributed by atoms with Crippen LogP contribution in [0.2, 0.25) is 0 Å². The van der Waals surface area contributed by atoms with Crippen LogP contribution in [-0.4, -0.2) is 47.0 Å². The van der Waals surface area contributed by atoms with Crippen LogP contribution in [0.3, 0.4) is 0 Å². The van der Waals surface area contributed by atoms with E-state index in [1.807, 2.05) is 75.4 Å². The summed E-state index contributed by atoms with van der Waals surface area (Å²) in [4.78, 5) is 0. The highest BCUT2D eigenvalue weighted by atomic mass is 16.7. The quantitative estimate of drug-likeness (QED) is 0.0296. The van der Waals surface area contributed by atoms with E-state index in [2.05, 4.69) is 96.1 Å². The topological polar surface area (TPSA) is 83.1 Å². The van der Waals surface area contributed by atoms with Gasteiger partial charge in [0.25, 0.3) is 0 Å². The van der Waals surface area contributed by atoms with Crippen LogP contribution < -0.4 is 42.4 Å². The Labute approximate surface area is 438 Å². The molecule has 6 aromatic rings. The van der Waals surface area contributed by atoms with Crippen molar-refractivity contribution in [1.82, 2.24) is 0 Å². The van der Waals surface area contributed by atoms with Gasteiger partial charge in [0.15, 0.2) is 34.5 Å². The number of rotatable bonds is 33. The van der Waals surface area contributed by atoms with Gasteiger partial charge >= 0.3 is 7.32 Å². The summed E-state index contributed by atoms with van der Waals surface area (Å²) >= 11 is 0. The molecule has 0 aliphatic rings. The molecule has 0 atom stereocenters. The summed E-state index contributed by atoms with van der Waals surface area (Å²) in [7, 11) is -1.48. The number of ether oxygens (including phenoxy) is 6. The van der Waals surface area contributed by atoms with Gasteiger partial charge in [0.05, 0.1) is 39.6 Å². The first-order valence-electron chi connectivity index (χ1n) is 27.2. The van der Waals surface area contributed by atoms with Crippen LogP contribution in [0, 0.1) is 20.8 Å². The van der Waals surface area contributed by atoms with Crippen molar-refractivity contribution in [2.45, 2.75) is 139 Å². The second-order valence-electron chi connectivity index (χ2n) is 18.6. The minimum absolute atomic E-state index is 0.449. The number of hydrogen-bond donors (Lipinski definition) is 0. The minimum Gasteiger partial charge on any atom is -0.493 e. The van der Waals surface area contributed by atoms with E-state index in [0.29, 0.717) is 74.1 Å². The predicted octanol–water partition coefficient (Wildman–Crippen LogP) is 17.2. The first-order chi connectivity index (χ1) is 35.8. The molecule has 0 saturated carbocycles. The molecule has 0 N–H and O–H groups in total. The van der Waals surface area contributed by atoms with Gasteiger partial charge in [-0.3, -0.25) is 0 Å². The molecule has 0 aliphatic carbocycles. The summed E-state index contributed by atoms with van der Waals surface area (Å²) in [6.07, 6.45) is 11.1. The lowest BCUT2D eigenvalue weighted by Gasteiger charge is -2.27. The van der Waals surface area contributed by atoms with Gasteiger partial charge < -0.3 is 42.4 Å². The SMILES string of the molecule is CCCCOc1cc(-c2ccccc2)c(OB(Oc2c(-c3ccccc3)cc(OCCCC)c(C)c2OCCCC)Oc2c(-c3ccccc3)cc(OCCCC)c(C)c2OCCCC)c(OCCCC)c1C. The normalized spacial score (nSPS) is 11.0.